The van der Waals surface area contributed by atoms with Crippen molar-refractivity contribution in [1.82, 2.24) is 0 Å². The number of rotatable bonds is 4. The third kappa shape index (κ3) is 3.99. The Kier molecular flexibility index (Phi) is 4.12. The van der Waals surface area contributed by atoms with Crippen LogP contribution in [0.3, 0.4) is 0 Å². The van der Waals surface area contributed by atoms with E-state index in [1.165, 1.54) is 6.92 Å². The summed E-state index contributed by atoms with van der Waals surface area (Å²) in [6.07, 6.45) is -0.587. The van der Waals surface area contributed by atoms with Crippen molar-refractivity contribution in [2.45, 2.75) is 26.7 Å². The number of hydrogen-bond acceptors (Lipinski definition) is 4. The van der Waals surface area contributed by atoms with Crippen molar-refractivity contribution in [3.8, 4) is 5.75 Å². The molecule has 0 heterocycles. The van der Waals surface area contributed by atoms with Gasteiger partial charge in [0.15, 0.2) is 0 Å². The molecule has 0 aliphatic carbocycles. The molecule has 0 aliphatic heterocycles. The molecule has 0 aromatic heterocycles. The van der Waals surface area contributed by atoms with E-state index < -0.39 is 6.29 Å². The number of hydrogen-bond donors (Lipinski definition) is 1. The van der Waals surface area contributed by atoms with Gasteiger partial charge in [-0.25, -0.2) is 0 Å². The maximum Gasteiger partial charge on any atom is 0.305 e. The molecule has 1 aromatic carbocycles. The van der Waals surface area contributed by atoms with E-state index in [1.807, 2.05) is 18.2 Å². The molecule has 2 N–H and O–H groups in total. The standard InChI is InChI=1S/C11H15NO3/c1-8(13)14-9(2)15-11-5-3-4-10(6-11)7-12/h3-6,9H,7,12H2,1-2H3. The van der Waals surface area contributed by atoms with Crippen LogP contribution in [0.1, 0.15) is 19.4 Å². The zero-order valence-corrected chi connectivity index (χ0v) is 8.90. The molecular formula is C11H15NO3. The number of ether oxygens (including phenoxy) is 2. The molecule has 0 fully saturated rings. The number of esters is 1. The second-order valence-corrected chi connectivity index (χ2v) is 3.15. The van der Waals surface area contributed by atoms with Crippen LogP contribution in [0.25, 0.3) is 0 Å². The van der Waals surface area contributed by atoms with Crippen molar-refractivity contribution in [2.75, 3.05) is 0 Å². The van der Waals surface area contributed by atoms with Gasteiger partial charge in [-0.05, 0) is 17.7 Å². The van der Waals surface area contributed by atoms with Gasteiger partial charge in [-0.1, -0.05) is 12.1 Å². The second-order valence-electron chi connectivity index (χ2n) is 3.15. The summed E-state index contributed by atoms with van der Waals surface area (Å²) in [7, 11) is 0. The Morgan fingerprint density at radius 3 is 2.87 bits per heavy atom. The summed E-state index contributed by atoms with van der Waals surface area (Å²) < 4.78 is 10.2. The third-order valence-electron chi connectivity index (χ3n) is 1.77. The number of carbonyl (C=O) groups is 1. The van der Waals surface area contributed by atoms with Gasteiger partial charge in [0.05, 0.1) is 0 Å². The minimum atomic E-state index is -0.587. The fourth-order valence-electron chi connectivity index (χ4n) is 1.20. The molecule has 1 unspecified atom stereocenters. The number of nitrogens with two attached hydrogens (primary N) is 1. The molecule has 0 radical (unpaired) electrons. The summed E-state index contributed by atoms with van der Waals surface area (Å²) in [6, 6.07) is 7.36. The van der Waals surface area contributed by atoms with Gasteiger partial charge in [0.1, 0.15) is 5.75 Å². The summed E-state index contributed by atoms with van der Waals surface area (Å²) in [5.41, 5.74) is 6.46. The second kappa shape index (κ2) is 5.36. The van der Waals surface area contributed by atoms with Crippen LogP contribution in [0, 0.1) is 0 Å². The molecule has 0 aliphatic rings. The van der Waals surface area contributed by atoms with Gasteiger partial charge >= 0.3 is 5.97 Å². The SMILES string of the molecule is CC(=O)OC(C)Oc1cccc(CN)c1. The minimum absolute atomic E-state index is 0.363. The quantitative estimate of drug-likeness (QED) is 0.602. The summed E-state index contributed by atoms with van der Waals surface area (Å²) in [5, 5.41) is 0. The van der Waals surface area contributed by atoms with Crippen LogP contribution in [0.5, 0.6) is 5.75 Å². The zero-order chi connectivity index (χ0) is 11.3. The summed E-state index contributed by atoms with van der Waals surface area (Å²) >= 11 is 0. The smallest absolute Gasteiger partial charge is 0.305 e. The van der Waals surface area contributed by atoms with Gasteiger partial charge < -0.3 is 15.2 Å². The Morgan fingerprint density at radius 2 is 2.27 bits per heavy atom. The lowest BCUT2D eigenvalue weighted by molar-refractivity contribution is -0.158. The average Bonchev–Trinajstić information content (AvgIpc) is 2.16. The molecule has 1 aromatic rings. The first kappa shape index (κ1) is 11.5. The first-order valence-corrected chi connectivity index (χ1v) is 4.74. The molecule has 4 nitrogen and oxygen atoms in total. The van der Waals surface area contributed by atoms with E-state index in [1.54, 1.807) is 13.0 Å². The van der Waals surface area contributed by atoms with Crippen molar-refractivity contribution in [3.63, 3.8) is 0 Å². The van der Waals surface area contributed by atoms with Crippen molar-refractivity contribution < 1.29 is 14.3 Å². The van der Waals surface area contributed by atoms with Crippen LogP contribution in [0.2, 0.25) is 0 Å². The monoisotopic (exact) mass is 209 g/mol. The topological polar surface area (TPSA) is 61.5 Å². The van der Waals surface area contributed by atoms with Gasteiger partial charge in [0.25, 0.3) is 0 Å². The fourth-order valence-corrected chi connectivity index (χ4v) is 1.20. The van der Waals surface area contributed by atoms with E-state index in [2.05, 4.69) is 0 Å². The number of benzene rings is 1. The summed E-state index contributed by atoms with van der Waals surface area (Å²) in [4.78, 5) is 10.6. The molecule has 0 saturated heterocycles. The zero-order valence-electron chi connectivity index (χ0n) is 8.90. The Balaban J connectivity index is 2.59. The maximum absolute atomic E-state index is 10.6. The highest BCUT2D eigenvalue weighted by molar-refractivity contribution is 5.66. The van der Waals surface area contributed by atoms with Crippen molar-refractivity contribution in [2.24, 2.45) is 5.73 Å². The summed E-state index contributed by atoms with van der Waals surface area (Å²) in [5.74, 6) is 0.282. The molecule has 82 valence electrons. The molecule has 1 atom stereocenters. The van der Waals surface area contributed by atoms with Gasteiger partial charge in [-0.2, -0.15) is 0 Å². The first-order chi connectivity index (χ1) is 7.11. The van der Waals surface area contributed by atoms with E-state index in [0.717, 1.165) is 5.56 Å². The average molecular weight is 209 g/mol. The lowest BCUT2D eigenvalue weighted by atomic mass is 10.2. The van der Waals surface area contributed by atoms with E-state index in [9.17, 15) is 4.79 Å². The highest BCUT2D eigenvalue weighted by Gasteiger charge is 2.06. The molecule has 0 bridgehead atoms. The Morgan fingerprint density at radius 1 is 1.53 bits per heavy atom. The van der Waals surface area contributed by atoms with Gasteiger partial charge in [-0.15, -0.1) is 0 Å². The first-order valence-electron chi connectivity index (χ1n) is 4.74. The van der Waals surface area contributed by atoms with E-state index in [4.69, 9.17) is 15.2 Å². The molecule has 0 spiro atoms. The van der Waals surface area contributed by atoms with Crippen molar-refractivity contribution >= 4 is 5.97 Å². The lowest BCUT2D eigenvalue weighted by Crippen LogP contribution is -2.19. The highest BCUT2D eigenvalue weighted by Crippen LogP contribution is 2.14. The minimum Gasteiger partial charge on any atom is -0.455 e. The van der Waals surface area contributed by atoms with E-state index >= 15 is 0 Å². The largest absolute Gasteiger partial charge is 0.455 e. The Hall–Kier alpha value is -1.55. The van der Waals surface area contributed by atoms with E-state index in [0.29, 0.717) is 12.3 Å². The maximum atomic E-state index is 10.6. The predicted molar refractivity (Wildman–Crippen MR) is 56.2 cm³/mol. The van der Waals surface area contributed by atoms with Crippen LogP contribution < -0.4 is 10.5 Å². The molecule has 4 heteroatoms. The predicted octanol–water partition coefficient (Wildman–Crippen LogP) is 1.43. The van der Waals surface area contributed by atoms with Gasteiger partial charge in [0, 0.05) is 20.4 Å². The van der Waals surface area contributed by atoms with Crippen LogP contribution >= 0.6 is 0 Å². The molecule has 15 heavy (non-hydrogen) atoms. The number of carbonyl (C=O) groups excluding carboxylic acids is 1. The molecular weight excluding hydrogens is 194 g/mol. The van der Waals surface area contributed by atoms with Crippen LogP contribution in [0.4, 0.5) is 0 Å². The van der Waals surface area contributed by atoms with Gasteiger partial charge in [-0.3, -0.25) is 4.79 Å². The summed E-state index contributed by atoms with van der Waals surface area (Å²) in [6.45, 7) is 3.46. The Labute approximate surface area is 89.0 Å². The Bertz CT molecular complexity index is 338. The van der Waals surface area contributed by atoms with Crippen LogP contribution in [-0.2, 0) is 16.1 Å². The van der Waals surface area contributed by atoms with Gasteiger partial charge in [0.2, 0.25) is 6.29 Å². The highest BCUT2D eigenvalue weighted by atomic mass is 16.7. The van der Waals surface area contributed by atoms with E-state index in [-0.39, 0.29) is 5.97 Å². The third-order valence-corrected chi connectivity index (χ3v) is 1.77. The fraction of sp³-hybridized carbons (Fsp3) is 0.364. The van der Waals surface area contributed by atoms with Crippen LogP contribution in [-0.4, -0.2) is 12.3 Å². The molecule has 1 rings (SSSR count). The normalized spacial score (nSPS) is 11.9. The molecule has 0 amide bonds. The lowest BCUT2D eigenvalue weighted by Gasteiger charge is -2.14. The van der Waals surface area contributed by atoms with Crippen molar-refractivity contribution in [1.29, 1.82) is 0 Å². The van der Waals surface area contributed by atoms with Crippen molar-refractivity contribution in [3.05, 3.63) is 29.8 Å². The van der Waals surface area contributed by atoms with Crippen LogP contribution in [0.15, 0.2) is 24.3 Å². The molecule has 0 saturated carbocycles.